The molecule has 0 aliphatic heterocycles. The van der Waals surface area contributed by atoms with Crippen LogP contribution in [0.5, 0.6) is 0 Å². The predicted octanol–water partition coefficient (Wildman–Crippen LogP) is 4.17. The maximum Gasteiger partial charge on any atom is 0.123 e. The van der Waals surface area contributed by atoms with Crippen LogP contribution < -0.4 is 5.73 Å². The molecule has 0 aliphatic carbocycles. The van der Waals surface area contributed by atoms with Crippen molar-refractivity contribution < 1.29 is 4.39 Å². The second kappa shape index (κ2) is 4.85. The van der Waals surface area contributed by atoms with Crippen molar-refractivity contribution in [1.82, 2.24) is 4.57 Å². The molecule has 2 N–H and O–H groups in total. The summed E-state index contributed by atoms with van der Waals surface area (Å²) in [4.78, 5) is 0. The molecule has 0 atom stereocenters. The largest absolute Gasteiger partial charge is 0.397 e. The van der Waals surface area contributed by atoms with Gasteiger partial charge in [-0.1, -0.05) is 12.1 Å². The SMILES string of the molecule is Cc1ccc(-c2ccc(F)cc2)n1-c1ccccc1N. The highest BCUT2D eigenvalue weighted by Crippen LogP contribution is 2.29. The number of aryl methyl sites for hydroxylation is 1. The van der Waals surface area contributed by atoms with E-state index in [-0.39, 0.29) is 5.82 Å². The molecule has 0 saturated carbocycles. The van der Waals surface area contributed by atoms with Gasteiger partial charge in [0.2, 0.25) is 0 Å². The summed E-state index contributed by atoms with van der Waals surface area (Å²) in [5, 5.41) is 0. The Morgan fingerprint density at radius 1 is 0.900 bits per heavy atom. The monoisotopic (exact) mass is 266 g/mol. The lowest BCUT2D eigenvalue weighted by atomic mass is 10.1. The van der Waals surface area contributed by atoms with Gasteiger partial charge in [0.1, 0.15) is 5.82 Å². The van der Waals surface area contributed by atoms with E-state index in [1.54, 1.807) is 12.1 Å². The van der Waals surface area contributed by atoms with Crippen molar-refractivity contribution in [3.05, 3.63) is 72.2 Å². The maximum atomic E-state index is 13.1. The molecule has 0 fully saturated rings. The zero-order valence-electron chi connectivity index (χ0n) is 11.2. The van der Waals surface area contributed by atoms with Gasteiger partial charge in [0.05, 0.1) is 17.1 Å². The van der Waals surface area contributed by atoms with Crippen LogP contribution in [0.1, 0.15) is 5.69 Å². The van der Waals surface area contributed by atoms with E-state index in [9.17, 15) is 4.39 Å². The number of aromatic nitrogens is 1. The van der Waals surface area contributed by atoms with Crippen molar-refractivity contribution in [2.24, 2.45) is 0 Å². The Morgan fingerprint density at radius 3 is 2.30 bits per heavy atom. The Kier molecular flexibility index (Phi) is 3.03. The molecule has 0 bridgehead atoms. The fourth-order valence-electron chi connectivity index (χ4n) is 2.40. The van der Waals surface area contributed by atoms with Crippen LogP contribution in [0.15, 0.2) is 60.7 Å². The first-order chi connectivity index (χ1) is 9.66. The normalized spacial score (nSPS) is 10.7. The van der Waals surface area contributed by atoms with E-state index >= 15 is 0 Å². The summed E-state index contributed by atoms with van der Waals surface area (Å²) in [6.07, 6.45) is 0. The molecule has 2 nitrogen and oxygen atoms in total. The number of nitrogens with two attached hydrogens (primary N) is 1. The molecule has 100 valence electrons. The van der Waals surface area contributed by atoms with Crippen LogP contribution in [0.3, 0.4) is 0 Å². The number of para-hydroxylation sites is 2. The topological polar surface area (TPSA) is 30.9 Å². The van der Waals surface area contributed by atoms with Crippen molar-refractivity contribution in [1.29, 1.82) is 0 Å². The molecule has 20 heavy (non-hydrogen) atoms. The zero-order valence-corrected chi connectivity index (χ0v) is 11.2. The lowest BCUT2D eigenvalue weighted by molar-refractivity contribution is 0.628. The molecule has 3 heteroatoms. The van der Waals surface area contributed by atoms with Crippen molar-refractivity contribution in [2.45, 2.75) is 6.92 Å². The molecule has 2 aromatic carbocycles. The lowest BCUT2D eigenvalue weighted by Gasteiger charge is -2.14. The minimum Gasteiger partial charge on any atom is -0.397 e. The summed E-state index contributed by atoms with van der Waals surface area (Å²) in [6, 6.07) is 18.3. The van der Waals surface area contributed by atoms with E-state index in [1.807, 2.05) is 43.3 Å². The summed E-state index contributed by atoms with van der Waals surface area (Å²) in [5.41, 5.74) is 10.8. The third-order valence-electron chi connectivity index (χ3n) is 3.39. The van der Waals surface area contributed by atoms with Crippen LogP contribution in [0, 0.1) is 12.7 Å². The number of benzene rings is 2. The second-order valence-electron chi connectivity index (χ2n) is 4.76. The number of hydrogen-bond donors (Lipinski definition) is 1. The van der Waals surface area contributed by atoms with Crippen LogP contribution >= 0.6 is 0 Å². The van der Waals surface area contributed by atoms with Gasteiger partial charge in [0.15, 0.2) is 0 Å². The Morgan fingerprint density at radius 2 is 1.60 bits per heavy atom. The number of nitrogens with zero attached hydrogens (tertiary/aromatic N) is 1. The number of hydrogen-bond acceptors (Lipinski definition) is 1. The van der Waals surface area contributed by atoms with Crippen molar-refractivity contribution in [2.75, 3.05) is 5.73 Å². The Bertz CT molecular complexity index is 742. The Balaban J connectivity index is 2.20. The molecule has 1 heterocycles. The van der Waals surface area contributed by atoms with Gasteiger partial charge in [-0.3, -0.25) is 0 Å². The average Bonchev–Trinajstić information content (AvgIpc) is 2.82. The minimum absolute atomic E-state index is 0.234. The number of halogens is 1. The highest BCUT2D eigenvalue weighted by atomic mass is 19.1. The van der Waals surface area contributed by atoms with Gasteiger partial charge >= 0.3 is 0 Å². The summed E-state index contributed by atoms with van der Waals surface area (Å²) in [5.74, 6) is -0.234. The summed E-state index contributed by atoms with van der Waals surface area (Å²) in [7, 11) is 0. The van der Waals surface area contributed by atoms with Gasteiger partial charge in [-0.05, 0) is 61.0 Å². The quantitative estimate of drug-likeness (QED) is 0.693. The second-order valence-corrected chi connectivity index (χ2v) is 4.76. The van der Waals surface area contributed by atoms with Crippen molar-refractivity contribution in [3.63, 3.8) is 0 Å². The van der Waals surface area contributed by atoms with Crippen LogP contribution in [-0.2, 0) is 0 Å². The highest BCUT2D eigenvalue weighted by molar-refractivity contribution is 5.68. The molecule has 0 spiro atoms. The summed E-state index contributed by atoms with van der Waals surface area (Å²) < 4.78 is 15.2. The molecule has 1 aromatic heterocycles. The van der Waals surface area contributed by atoms with Gasteiger partial charge < -0.3 is 10.3 Å². The molecular formula is C17H15FN2. The zero-order chi connectivity index (χ0) is 14.1. The Hall–Kier alpha value is -2.55. The molecule has 0 saturated heterocycles. The van der Waals surface area contributed by atoms with E-state index in [0.717, 1.165) is 28.3 Å². The smallest absolute Gasteiger partial charge is 0.123 e. The molecule has 3 rings (SSSR count). The van der Waals surface area contributed by atoms with Gasteiger partial charge in [-0.15, -0.1) is 0 Å². The molecule has 0 amide bonds. The van der Waals surface area contributed by atoms with Crippen LogP contribution in [-0.4, -0.2) is 4.57 Å². The van der Waals surface area contributed by atoms with Crippen molar-refractivity contribution in [3.8, 4) is 16.9 Å². The lowest BCUT2D eigenvalue weighted by Crippen LogP contribution is -2.02. The van der Waals surface area contributed by atoms with Gasteiger partial charge in [0, 0.05) is 5.69 Å². The predicted molar refractivity (Wildman–Crippen MR) is 80.3 cm³/mol. The first-order valence-electron chi connectivity index (χ1n) is 6.46. The van der Waals surface area contributed by atoms with E-state index in [2.05, 4.69) is 4.57 Å². The summed E-state index contributed by atoms with van der Waals surface area (Å²) >= 11 is 0. The van der Waals surface area contributed by atoms with Crippen LogP contribution in [0.4, 0.5) is 10.1 Å². The van der Waals surface area contributed by atoms with E-state index in [1.165, 1.54) is 12.1 Å². The number of anilines is 1. The van der Waals surface area contributed by atoms with Crippen LogP contribution in [0.2, 0.25) is 0 Å². The minimum atomic E-state index is -0.234. The number of rotatable bonds is 2. The van der Waals surface area contributed by atoms with E-state index in [0.29, 0.717) is 0 Å². The first-order valence-corrected chi connectivity index (χ1v) is 6.46. The molecule has 0 aliphatic rings. The van der Waals surface area contributed by atoms with Gasteiger partial charge in [-0.2, -0.15) is 0 Å². The molecule has 0 unspecified atom stereocenters. The molecular weight excluding hydrogens is 251 g/mol. The fraction of sp³-hybridized carbons (Fsp3) is 0.0588. The van der Waals surface area contributed by atoms with E-state index < -0.39 is 0 Å². The first kappa shape index (κ1) is 12.5. The van der Waals surface area contributed by atoms with E-state index in [4.69, 9.17) is 5.73 Å². The summed E-state index contributed by atoms with van der Waals surface area (Å²) in [6.45, 7) is 2.03. The van der Waals surface area contributed by atoms with Gasteiger partial charge in [-0.25, -0.2) is 4.39 Å². The highest BCUT2D eigenvalue weighted by Gasteiger charge is 2.11. The standard InChI is InChI=1S/C17H15FN2/c1-12-6-11-16(13-7-9-14(18)10-8-13)20(12)17-5-3-2-4-15(17)19/h2-11H,19H2,1H3. The average molecular weight is 266 g/mol. The fourth-order valence-corrected chi connectivity index (χ4v) is 2.40. The van der Waals surface area contributed by atoms with Gasteiger partial charge in [0.25, 0.3) is 0 Å². The Labute approximate surface area is 117 Å². The molecule has 0 radical (unpaired) electrons. The third kappa shape index (κ3) is 2.07. The number of nitrogen functional groups attached to an aromatic ring is 1. The molecule has 3 aromatic rings. The van der Waals surface area contributed by atoms with Crippen LogP contribution in [0.25, 0.3) is 16.9 Å². The van der Waals surface area contributed by atoms with Crippen molar-refractivity contribution >= 4 is 5.69 Å². The maximum absolute atomic E-state index is 13.1. The third-order valence-corrected chi connectivity index (χ3v) is 3.39.